The number of hydrogen-bond acceptors (Lipinski definition) is 3. The topological polar surface area (TPSA) is 70.2 Å². The van der Waals surface area contributed by atoms with Crippen LogP contribution in [0.1, 0.15) is 24.8 Å². The van der Waals surface area contributed by atoms with Gasteiger partial charge in [-0.25, -0.2) is 4.39 Å². The second-order valence-corrected chi connectivity index (χ2v) is 5.57. The molecule has 21 heavy (non-hydrogen) atoms. The molecule has 0 bridgehead atoms. The second kappa shape index (κ2) is 5.81. The summed E-state index contributed by atoms with van der Waals surface area (Å²) in [6.07, 6.45) is 2.65. The summed E-state index contributed by atoms with van der Waals surface area (Å²) in [6.45, 7) is 1.54. The molecule has 0 saturated carbocycles. The zero-order chi connectivity index (χ0) is 14.8. The summed E-state index contributed by atoms with van der Waals surface area (Å²) in [5.41, 5.74) is 1.49. The fourth-order valence-corrected chi connectivity index (χ4v) is 2.80. The summed E-state index contributed by atoms with van der Waals surface area (Å²) in [4.78, 5) is 23.5. The van der Waals surface area contributed by atoms with Gasteiger partial charge >= 0.3 is 0 Å². The molecule has 2 heterocycles. The Bertz CT molecular complexity index is 583. The third-order valence-corrected chi connectivity index (χ3v) is 4.01. The Hall–Kier alpha value is -1.95. The maximum Gasteiger partial charge on any atom is 0.228 e. The average molecular weight is 291 g/mol. The highest BCUT2D eigenvalue weighted by molar-refractivity contribution is 5.97. The minimum Gasteiger partial charge on any atom is -0.326 e. The number of rotatable bonds is 2. The molecule has 3 rings (SSSR count). The lowest BCUT2D eigenvalue weighted by Crippen LogP contribution is -2.37. The van der Waals surface area contributed by atoms with Gasteiger partial charge in [0.25, 0.3) is 0 Å². The number of benzene rings is 1. The van der Waals surface area contributed by atoms with Crippen molar-refractivity contribution in [2.24, 2.45) is 5.92 Å². The van der Waals surface area contributed by atoms with Gasteiger partial charge in [-0.1, -0.05) is 0 Å². The van der Waals surface area contributed by atoms with Crippen LogP contribution in [0.25, 0.3) is 0 Å². The largest absolute Gasteiger partial charge is 0.326 e. The number of piperidine rings is 1. The maximum absolute atomic E-state index is 14.1. The Morgan fingerprint density at radius 2 is 2.19 bits per heavy atom. The molecule has 0 aromatic heterocycles. The summed E-state index contributed by atoms with van der Waals surface area (Å²) in [5.74, 6) is -0.850. The van der Waals surface area contributed by atoms with Gasteiger partial charge in [0, 0.05) is 18.7 Å². The van der Waals surface area contributed by atoms with Crippen LogP contribution in [0.4, 0.5) is 15.8 Å². The Morgan fingerprint density at radius 3 is 2.95 bits per heavy atom. The lowest BCUT2D eigenvalue weighted by molar-refractivity contribution is -0.120. The molecule has 0 spiro atoms. The van der Waals surface area contributed by atoms with Crippen molar-refractivity contribution in [3.8, 4) is 0 Å². The number of nitrogens with one attached hydrogen (secondary N) is 3. The van der Waals surface area contributed by atoms with Crippen LogP contribution in [0.3, 0.4) is 0 Å². The second-order valence-electron chi connectivity index (χ2n) is 5.57. The van der Waals surface area contributed by atoms with Crippen LogP contribution in [0, 0.1) is 11.7 Å². The summed E-state index contributed by atoms with van der Waals surface area (Å²) in [7, 11) is 0. The zero-order valence-corrected chi connectivity index (χ0v) is 11.7. The first-order valence-corrected chi connectivity index (χ1v) is 7.27. The molecule has 3 N–H and O–H groups in total. The average Bonchev–Trinajstić information content (AvgIpc) is 2.49. The molecule has 112 valence electrons. The van der Waals surface area contributed by atoms with E-state index in [1.807, 2.05) is 0 Å². The summed E-state index contributed by atoms with van der Waals surface area (Å²) in [6, 6.07) is 2.90. The van der Waals surface area contributed by atoms with E-state index in [0.29, 0.717) is 25.1 Å². The molecule has 1 atom stereocenters. The number of amides is 2. The fourth-order valence-electron chi connectivity index (χ4n) is 2.80. The van der Waals surface area contributed by atoms with Crippen molar-refractivity contribution in [2.45, 2.75) is 25.7 Å². The van der Waals surface area contributed by atoms with Crippen molar-refractivity contribution in [3.05, 3.63) is 23.5 Å². The third-order valence-electron chi connectivity index (χ3n) is 4.01. The molecule has 1 aromatic rings. The van der Waals surface area contributed by atoms with E-state index in [0.717, 1.165) is 24.9 Å². The van der Waals surface area contributed by atoms with Crippen LogP contribution in [0.15, 0.2) is 12.1 Å². The smallest absolute Gasteiger partial charge is 0.228 e. The number of halogens is 1. The Morgan fingerprint density at radius 1 is 1.33 bits per heavy atom. The summed E-state index contributed by atoms with van der Waals surface area (Å²) >= 11 is 0. The maximum atomic E-state index is 14.1. The highest BCUT2D eigenvalue weighted by Gasteiger charge is 2.23. The van der Waals surface area contributed by atoms with Crippen LogP contribution < -0.4 is 16.0 Å². The minimum atomic E-state index is -0.456. The minimum absolute atomic E-state index is 0.0807. The van der Waals surface area contributed by atoms with Crippen molar-refractivity contribution in [1.29, 1.82) is 0 Å². The lowest BCUT2D eigenvalue weighted by Gasteiger charge is -2.23. The van der Waals surface area contributed by atoms with Crippen molar-refractivity contribution < 1.29 is 14.0 Å². The van der Waals surface area contributed by atoms with Crippen LogP contribution in [-0.4, -0.2) is 24.9 Å². The van der Waals surface area contributed by atoms with E-state index in [1.165, 1.54) is 12.1 Å². The van der Waals surface area contributed by atoms with Gasteiger partial charge in [0.05, 0.1) is 11.6 Å². The molecule has 1 saturated heterocycles. The highest BCUT2D eigenvalue weighted by Crippen LogP contribution is 2.29. The van der Waals surface area contributed by atoms with Gasteiger partial charge in [-0.2, -0.15) is 0 Å². The number of carbonyl (C=O) groups excluding carboxylic acids is 2. The van der Waals surface area contributed by atoms with Gasteiger partial charge in [-0.3, -0.25) is 9.59 Å². The molecule has 0 radical (unpaired) electrons. The van der Waals surface area contributed by atoms with Gasteiger partial charge in [0.2, 0.25) is 11.8 Å². The van der Waals surface area contributed by atoms with Gasteiger partial charge in [-0.15, -0.1) is 0 Å². The number of anilines is 2. The van der Waals surface area contributed by atoms with Crippen LogP contribution in [0.2, 0.25) is 0 Å². The summed E-state index contributed by atoms with van der Waals surface area (Å²) in [5, 5.41) is 8.51. The van der Waals surface area contributed by atoms with Crippen molar-refractivity contribution in [3.63, 3.8) is 0 Å². The molecular formula is C15H18FN3O2. The first-order valence-electron chi connectivity index (χ1n) is 7.27. The quantitative estimate of drug-likeness (QED) is 0.776. The van der Waals surface area contributed by atoms with E-state index in [1.54, 1.807) is 0 Å². The molecule has 2 aliphatic heterocycles. The van der Waals surface area contributed by atoms with E-state index >= 15 is 0 Å². The van der Waals surface area contributed by atoms with E-state index in [4.69, 9.17) is 0 Å². The van der Waals surface area contributed by atoms with E-state index < -0.39 is 5.82 Å². The van der Waals surface area contributed by atoms with Crippen LogP contribution in [0.5, 0.6) is 0 Å². The predicted molar refractivity (Wildman–Crippen MR) is 77.6 cm³/mol. The lowest BCUT2D eigenvalue weighted by atomic mass is 9.98. The monoisotopic (exact) mass is 291 g/mol. The van der Waals surface area contributed by atoms with Crippen molar-refractivity contribution >= 4 is 23.2 Å². The molecule has 6 heteroatoms. The van der Waals surface area contributed by atoms with E-state index in [9.17, 15) is 14.0 Å². The van der Waals surface area contributed by atoms with Crippen LogP contribution in [-0.2, 0) is 16.0 Å². The fraction of sp³-hybridized carbons (Fsp3) is 0.467. The standard InChI is InChI=1S/C15H18FN3O2/c16-11-6-9-3-4-14(20)18-12(9)7-13(11)19-15(21)10-2-1-5-17-8-10/h6-7,10,17H,1-5,8H2,(H,18,20)(H,19,21)/t10-/m0/s1. The van der Waals surface area contributed by atoms with Gasteiger partial charge in [-0.05, 0) is 43.5 Å². The Labute approximate surface area is 122 Å². The molecule has 1 fully saturated rings. The molecule has 0 unspecified atom stereocenters. The third kappa shape index (κ3) is 3.05. The molecule has 0 aliphatic carbocycles. The first kappa shape index (κ1) is 14.0. The zero-order valence-electron chi connectivity index (χ0n) is 11.7. The number of hydrogen-bond donors (Lipinski definition) is 3. The van der Waals surface area contributed by atoms with E-state index in [2.05, 4.69) is 16.0 Å². The van der Waals surface area contributed by atoms with Gasteiger partial charge < -0.3 is 16.0 Å². The van der Waals surface area contributed by atoms with E-state index in [-0.39, 0.29) is 23.4 Å². The Kier molecular flexibility index (Phi) is 3.88. The predicted octanol–water partition coefficient (Wildman–Crippen LogP) is 1.65. The van der Waals surface area contributed by atoms with Gasteiger partial charge in [0.15, 0.2) is 0 Å². The molecule has 2 amide bonds. The van der Waals surface area contributed by atoms with Crippen molar-refractivity contribution in [1.82, 2.24) is 5.32 Å². The SMILES string of the molecule is O=C1CCc2cc(F)c(NC(=O)[C@H]3CCCNC3)cc2N1. The van der Waals surface area contributed by atoms with Gasteiger partial charge in [0.1, 0.15) is 5.82 Å². The number of aryl methyl sites for hydroxylation is 1. The van der Waals surface area contributed by atoms with Crippen LogP contribution >= 0.6 is 0 Å². The Balaban J connectivity index is 1.77. The summed E-state index contributed by atoms with van der Waals surface area (Å²) < 4.78 is 14.1. The number of fused-ring (bicyclic) bond motifs is 1. The highest BCUT2D eigenvalue weighted by atomic mass is 19.1. The molecule has 2 aliphatic rings. The number of carbonyl (C=O) groups is 2. The normalized spacial score (nSPS) is 21.4. The van der Waals surface area contributed by atoms with Crippen molar-refractivity contribution in [2.75, 3.05) is 23.7 Å². The molecule has 1 aromatic carbocycles. The molecular weight excluding hydrogens is 273 g/mol. The first-order chi connectivity index (χ1) is 10.1. The molecule has 5 nitrogen and oxygen atoms in total.